The molecule has 1 amide bonds. The molecule has 27 heavy (non-hydrogen) atoms. The van der Waals surface area contributed by atoms with E-state index < -0.39 is 62.9 Å². The number of nitrogens with one attached hydrogen (secondary N) is 1. The van der Waals surface area contributed by atoms with E-state index in [0.717, 1.165) is 0 Å². The van der Waals surface area contributed by atoms with Gasteiger partial charge in [-0.1, -0.05) is 18.2 Å². The first-order chi connectivity index (χ1) is 12.6. The van der Waals surface area contributed by atoms with Crippen LogP contribution in [0.25, 0.3) is 0 Å². The number of amides is 1. The molecule has 0 saturated carbocycles. The maximum absolute atomic E-state index is 13.6. The third-order valence-electron chi connectivity index (χ3n) is 3.61. The molecule has 2 aromatic rings. The molecule has 0 saturated heterocycles. The molecule has 0 bridgehead atoms. The highest BCUT2D eigenvalue weighted by Gasteiger charge is 2.27. The highest BCUT2D eigenvalue weighted by molar-refractivity contribution is 7.91. The average Bonchev–Trinajstić information content (AvgIpc) is 2.58. The Labute approximate surface area is 152 Å². The van der Waals surface area contributed by atoms with Crippen LogP contribution in [-0.4, -0.2) is 37.2 Å². The number of halogens is 3. The number of aliphatic carboxylic acids is 1. The monoisotopic (exact) mass is 401 g/mol. The molecule has 1 atom stereocenters. The Morgan fingerprint density at radius 1 is 1.04 bits per heavy atom. The van der Waals surface area contributed by atoms with E-state index >= 15 is 0 Å². The van der Waals surface area contributed by atoms with Crippen molar-refractivity contribution in [3.8, 4) is 0 Å². The van der Waals surface area contributed by atoms with Gasteiger partial charge in [-0.05, 0) is 18.6 Å². The van der Waals surface area contributed by atoms with Crippen molar-refractivity contribution in [2.45, 2.75) is 17.4 Å². The fraction of sp³-hybridized carbons (Fsp3) is 0.176. The number of benzene rings is 2. The molecule has 0 radical (unpaired) electrons. The van der Waals surface area contributed by atoms with Crippen molar-refractivity contribution in [1.82, 2.24) is 5.32 Å². The van der Waals surface area contributed by atoms with Gasteiger partial charge in [0.05, 0.1) is 10.6 Å². The van der Waals surface area contributed by atoms with Gasteiger partial charge in [-0.2, -0.15) is 0 Å². The molecule has 6 nitrogen and oxygen atoms in total. The highest BCUT2D eigenvalue weighted by Crippen LogP contribution is 2.16. The topological polar surface area (TPSA) is 101 Å². The minimum Gasteiger partial charge on any atom is -0.480 e. The van der Waals surface area contributed by atoms with Gasteiger partial charge in [-0.25, -0.2) is 26.4 Å². The van der Waals surface area contributed by atoms with E-state index in [-0.39, 0.29) is 17.0 Å². The predicted octanol–water partition coefficient (Wildman–Crippen LogP) is 2.15. The molecule has 0 fully saturated rings. The Balaban J connectivity index is 2.15. The largest absolute Gasteiger partial charge is 0.480 e. The second kappa shape index (κ2) is 8.21. The Bertz CT molecular complexity index is 941. The predicted molar refractivity (Wildman–Crippen MR) is 88.3 cm³/mol. The number of carboxylic acid groups (broad SMARTS) is 1. The van der Waals surface area contributed by atoms with Crippen molar-refractivity contribution >= 4 is 21.7 Å². The van der Waals surface area contributed by atoms with Gasteiger partial charge in [0.25, 0.3) is 5.91 Å². The van der Waals surface area contributed by atoms with Crippen LogP contribution in [0.2, 0.25) is 0 Å². The molecule has 0 heterocycles. The van der Waals surface area contributed by atoms with Crippen molar-refractivity contribution in [2.75, 3.05) is 5.75 Å². The van der Waals surface area contributed by atoms with Crippen molar-refractivity contribution in [3.63, 3.8) is 0 Å². The van der Waals surface area contributed by atoms with Gasteiger partial charge >= 0.3 is 5.97 Å². The lowest BCUT2D eigenvalue weighted by Gasteiger charge is -2.15. The Morgan fingerprint density at radius 2 is 1.59 bits per heavy atom. The summed E-state index contributed by atoms with van der Waals surface area (Å²) in [6.07, 6.45) is -0.539. The fourth-order valence-corrected chi connectivity index (χ4v) is 3.62. The van der Waals surface area contributed by atoms with E-state index in [1.54, 1.807) is 6.07 Å². The third-order valence-corrected chi connectivity index (χ3v) is 5.38. The summed E-state index contributed by atoms with van der Waals surface area (Å²) in [6.45, 7) is 0. The lowest BCUT2D eigenvalue weighted by atomic mass is 10.1. The zero-order valence-corrected chi connectivity index (χ0v) is 14.5. The molecule has 0 aliphatic heterocycles. The van der Waals surface area contributed by atoms with Crippen LogP contribution in [0.3, 0.4) is 0 Å². The van der Waals surface area contributed by atoms with Crippen LogP contribution < -0.4 is 5.32 Å². The number of rotatable bonds is 7. The van der Waals surface area contributed by atoms with Crippen molar-refractivity contribution in [1.29, 1.82) is 0 Å². The molecule has 0 aromatic heterocycles. The summed E-state index contributed by atoms with van der Waals surface area (Å²) in [6, 6.07) is 6.05. The van der Waals surface area contributed by atoms with E-state index in [4.69, 9.17) is 5.11 Å². The first-order valence-corrected chi connectivity index (χ1v) is 9.23. The second-order valence-corrected chi connectivity index (χ2v) is 7.64. The maximum atomic E-state index is 13.6. The minimum absolute atomic E-state index is 0.0314. The van der Waals surface area contributed by atoms with Crippen LogP contribution in [0.1, 0.15) is 16.8 Å². The number of carboxylic acids is 1. The Kier molecular flexibility index (Phi) is 6.21. The molecule has 0 aliphatic rings. The normalized spacial score (nSPS) is 12.4. The standard InChI is InChI=1S/C17H14F3NO5S/c18-10-8-12(19)15(13(20)9-10)16(22)21-14(17(23)24)6-7-27(25,26)11-4-2-1-3-5-11/h1-5,8-9,14H,6-7H2,(H,21,22)(H,23,24)/t14-/m0/s1. The Hall–Kier alpha value is -2.88. The molecule has 2 N–H and O–H groups in total. The molecule has 10 heteroatoms. The van der Waals surface area contributed by atoms with Crippen LogP contribution in [0, 0.1) is 17.5 Å². The molecular formula is C17H14F3NO5S. The fourth-order valence-electron chi connectivity index (χ4n) is 2.27. The summed E-state index contributed by atoms with van der Waals surface area (Å²) in [5, 5.41) is 11.0. The molecule has 0 aliphatic carbocycles. The molecule has 0 unspecified atom stereocenters. The lowest BCUT2D eigenvalue weighted by Crippen LogP contribution is -2.42. The van der Waals surface area contributed by atoms with E-state index in [9.17, 15) is 31.2 Å². The van der Waals surface area contributed by atoms with Gasteiger partial charge in [0.2, 0.25) is 0 Å². The number of carbonyl (C=O) groups excluding carboxylic acids is 1. The van der Waals surface area contributed by atoms with Crippen molar-refractivity contribution in [2.24, 2.45) is 0 Å². The Morgan fingerprint density at radius 3 is 2.11 bits per heavy atom. The maximum Gasteiger partial charge on any atom is 0.326 e. The molecular weight excluding hydrogens is 387 g/mol. The summed E-state index contributed by atoms with van der Waals surface area (Å²) in [5.74, 6) is -7.91. The van der Waals surface area contributed by atoms with Crippen LogP contribution in [-0.2, 0) is 14.6 Å². The van der Waals surface area contributed by atoms with Gasteiger partial charge in [0.15, 0.2) is 9.84 Å². The van der Waals surface area contributed by atoms with Crippen LogP contribution in [0.5, 0.6) is 0 Å². The molecule has 0 spiro atoms. The summed E-state index contributed by atoms with van der Waals surface area (Å²) in [5.41, 5.74) is -1.16. The first kappa shape index (κ1) is 20.4. The summed E-state index contributed by atoms with van der Waals surface area (Å²) < 4.78 is 64.5. The van der Waals surface area contributed by atoms with E-state index in [2.05, 4.69) is 0 Å². The number of sulfone groups is 1. The zero-order valence-electron chi connectivity index (χ0n) is 13.7. The minimum atomic E-state index is -3.82. The van der Waals surface area contributed by atoms with Gasteiger partial charge in [-0.15, -0.1) is 0 Å². The number of hydrogen-bond acceptors (Lipinski definition) is 4. The lowest BCUT2D eigenvalue weighted by molar-refractivity contribution is -0.139. The molecule has 2 aromatic carbocycles. The highest BCUT2D eigenvalue weighted by atomic mass is 32.2. The summed E-state index contributed by atoms with van der Waals surface area (Å²) in [4.78, 5) is 23.2. The quantitative estimate of drug-likeness (QED) is 0.741. The van der Waals surface area contributed by atoms with Gasteiger partial charge in [-0.3, -0.25) is 4.79 Å². The van der Waals surface area contributed by atoms with E-state index in [1.165, 1.54) is 24.3 Å². The van der Waals surface area contributed by atoms with Crippen LogP contribution in [0.4, 0.5) is 13.2 Å². The van der Waals surface area contributed by atoms with E-state index in [0.29, 0.717) is 0 Å². The zero-order chi connectivity index (χ0) is 20.2. The summed E-state index contributed by atoms with van der Waals surface area (Å²) >= 11 is 0. The van der Waals surface area contributed by atoms with Gasteiger partial charge in [0.1, 0.15) is 29.1 Å². The molecule has 144 valence electrons. The van der Waals surface area contributed by atoms with Gasteiger partial charge < -0.3 is 10.4 Å². The smallest absolute Gasteiger partial charge is 0.326 e. The van der Waals surface area contributed by atoms with Gasteiger partial charge in [0, 0.05) is 12.1 Å². The van der Waals surface area contributed by atoms with Crippen molar-refractivity contribution in [3.05, 3.63) is 65.5 Å². The second-order valence-electron chi connectivity index (χ2n) is 5.53. The third kappa shape index (κ3) is 5.07. The number of hydrogen-bond donors (Lipinski definition) is 2. The van der Waals surface area contributed by atoms with Crippen LogP contribution >= 0.6 is 0 Å². The number of carbonyl (C=O) groups is 2. The first-order valence-electron chi connectivity index (χ1n) is 7.58. The SMILES string of the molecule is O=C(N[C@@H](CCS(=O)(=O)c1ccccc1)C(=O)O)c1c(F)cc(F)cc1F. The average molecular weight is 401 g/mol. The van der Waals surface area contributed by atoms with E-state index in [1.807, 2.05) is 5.32 Å². The van der Waals surface area contributed by atoms with Crippen LogP contribution in [0.15, 0.2) is 47.4 Å². The van der Waals surface area contributed by atoms with Crippen molar-refractivity contribution < 1.29 is 36.3 Å². The molecule has 2 rings (SSSR count). The summed E-state index contributed by atoms with van der Waals surface area (Å²) in [7, 11) is -3.82.